The maximum absolute atomic E-state index is 11.8. The average molecular weight is 361 g/mol. The third-order valence-corrected chi connectivity index (χ3v) is 3.93. The highest BCUT2D eigenvalue weighted by Crippen LogP contribution is 2.44. The molecule has 0 heterocycles. The van der Waals surface area contributed by atoms with Crippen molar-refractivity contribution in [2.45, 2.75) is 19.8 Å². The lowest BCUT2D eigenvalue weighted by Gasteiger charge is -2.24. The number of amides is 1. The van der Waals surface area contributed by atoms with Crippen molar-refractivity contribution in [1.82, 2.24) is 5.32 Å². The van der Waals surface area contributed by atoms with Crippen LogP contribution in [0, 0.1) is 0 Å². The zero-order valence-electron chi connectivity index (χ0n) is 14.5. The first-order chi connectivity index (χ1) is 11.1. The van der Waals surface area contributed by atoms with Crippen LogP contribution in [-0.4, -0.2) is 56.0 Å². The Hall–Kier alpha value is -1.44. The topological polar surface area (TPSA) is 94.1 Å². The molecule has 136 valence electrons. The molecule has 1 aromatic carbocycles. The number of carbonyl (C=O) groups is 1. The highest BCUT2D eigenvalue weighted by molar-refractivity contribution is 7.47. The fraction of sp³-hybridized carbons (Fsp3) is 0.533. The second-order valence-corrected chi connectivity index (χ2v) is 7.68. The quantitative estimate of drug-likeness (QED) is 0.397. The summed E-state index contributed by atoms with van der Waals surface area (Å²) in [6.45, 7) is 2.10. The second kappa shape index (κ2) is 9.15. The summed E-state index contributed by atoms with van der Waals surface area (Å²) in [5, 5.41) is 2.31. The number of likely N-dealkylation sites (N-methyl/N-ethyl adjacent to an activating group) is 1. The molecule has 2 unspecified atom stereocenters. The normalized spacial score (nSPS) is 15.4. The van der Waals surface area contributed by atoms with Crippen LogP contribution in [0.1, 0.15) is 12.5 Å². The molecule has 1 amide bonds. The first-order valence-corrected chi connectivity index (χ1v) is 9.00. The Morgan fingerprint density at radius 3 is 2.50 bits per heavy atom. The van der Waals surface area contributed by atoms with Crippen LogP contribution in [0.25, 0.3) is 0 Å². The Kier molecular flexibility index (Phi) is 7.86. The van der Waals surface area contributed by atoms with Crippen molar-refractivity contribution in [2.75, 3.05) is 34.3 Å². The first kappa shape index (κ1) is 20.6. The van der Waals surface area contributed by atoms with Crippen LogP contribution >= 0.6 is 7.82 Å². The minimum Gasteiger partial charge on any atom is -0.445 e. The van der Waals surface area contributed by atoms with E-state index in [4.69, 9.17) is 13.8 Å². The van der Waals surface area contributed by atoms with Gasteiger partial charge in [-0.15, -0.1) is 0 Å². The lowest BCUT2D eigenvalue weighted by Crippen LogP contribution is -2.37. The fourth-order valence-electron chi connectivity index (χ4n) is 1.62. The smallest absolute Gasteiger partial charge is 0.445 e. The summed E-state index contributed by atoms with van der Waals surface area (Å²) in [7, 11) is 1.54. The molecule has 8 nitrogen and oxygen atoms in total. The van der Waals surface area contributed by atoms with Crippen molar-refractivity contribution in [2.24, 2.45) is 0 Å². The van der Waals surface area contributed by atoms with E-state index >= 15 is 0 Å². The number of rotatable bonds is 9. The van der Waals surface area contributed by atoms with Gasteiger partial charge in [0.2, 0.25) is 0 Å². The Labute approximate surface area is 142 Å². The van der Waals surface area contributed by atoms with E-state index in [1.807, 2.05) is 51.5 Å². The maximum atomic E-state index is 11.8. The van der Waals surface area contributed by atoms with Gasteiger partial charge >= 0.3 is 13.9 Å². The van der Waals surface area contributed by atoms with Crippen molar-refractivity contribution in [3.63, 3.8) is 0 Å². The van der Waals surface area contributed by atoms with Gasteiger partial charge in [-0.05, 0) is 12.5 Å². The number of phosphoric ester groups is 1. The molecule has 9 heteroatoms. The monoisotopic (exact) mass is 361 g/mol. The number of ether oxygens (including phenoxy) is 1. The molecule has 0 spiro atoms. The second-order valence-electron chi connectivity index (χ2n) is 6.27. The average Bonchev–Trinajstić information content (AvgIpc) is 2.43. The highest BCUT2D eigenvalue weighted by Gasteiger charge is 2.26. The molecule has 0 aliphatic carbocycles. The maximum Gasteiger partial charge on any atom is 0.474 e. The summed E-state index contributed by atoms with van der Waals surface area (Å²) >= 11 is 0. The van der Waals surface area contributed by atoms with Crippen molar-refractivity contribution < 1.29 is 32.5 Å². The summed E-state index contributed by atoms with van der Waals surface area (Å²) in [4.78, 5) is 21.2. The molecule has 24 heavy (non-hydrogen) atoms. The molecular formula is C15H26N2O6P+. The number of nitrogens with one attached hydrogen (secondary N) is 1. The molecule has 2 atom stereocenters. The first-order valence-electron chi connectivity index (χ1n) is 7.51. The van der Waals surface area contributed by atoms with Gasteiger partial charge < -0.3 is 14.1 Å². The number of hydrogen-bond acceptors (Lipinski definition) is 5. The predicted molar refractivity (Wildman–Crippen MR) is 89.0 cm³/mol. The van der Waals surface area contributed by atoms with E-state index in [0.717, 1.165) is 5.56 Å². The van der Waals surface area contributed by atoms with Crippen LogP contribution < -0.4 is 5.32 Å². The molecule has 1 aromatic rings. The van der Waals surface area contributed by atoms with E-state index in [0.29, 0.717) is 11.0 Å². The fourth-order valence-corrected chi connectivity index (χ4v) is 2.44. The molecule has 0 aromatic heterocycles. The molecule has 0 fully saturated rings. The Morgan fingerprint density at radius 1 is 1.29 bits per heavy atom. The lowest BCUT2D eigenvalue weighted by atomic mass is 10.2. The van der Waals surface area contributed by atoms with Crippen molar-refractivity contribution in [3.8, 4) is 0 Å². The van der Waals surface area contributed by atoms with Crippen LogP contribution in [-0.2, 0) is 25.0 Å². The summed E-state index contributed by atoms with van der Waals surface area (Å²) in [6, 6.07) is 9.15. The molecule has 0 aliphatic rings. The number of benzene rings is 1. The van der Waals surface area contributed by atoms with Crippen molar-refractivity contribution >= 4 is 13.9 Å². The number of nitrogens with zero attached hydrogens (tertiary/aromatic N) is 1. The van der Waals surface area contributed by atoms with Crippen LogP contribution in [0.15, 0.2) is 30.3 Å². The van der Waals surface area contributed by atoms with Gasteiger partial charge in [-0.1, -0.05) is 30.3 Å². The lowest BCUT2D eigenvalue weighted by molar-refractivity contribution is -0.870. The van der Waals surface area contributed by atoms with Gasteiger partial charge in [0, 0.05) is 0 Å². The van der Waals surface area contributed by atoms with Crippen LogP contribution in [0.4, 0.5) is 4.79 Å². The number of quaternary nitrogens is 1. The van der Waals surface area contributed by atoms with Crippen molar-refractivity contribution in [1.29, 1.82) is 0 Å². The van der Waals surface area contributed by atoms with Gasteiger partial charge in [0.1, 0.15) is 26.0 Å². The third kappa shape index (κ3) is 9.64. The highest BCUT2D eigenvalue weighted by atomic mass is 31.2. The van der Waals surface area contributed by atoms with E-state index in [-0.39, 0.29) is 13.2 Å². The zero-order valence-corrected chi connectivity index (χ0v) is 15.4. The molecule has 0 radical (unpaired) electrons. The molecule has 1 rings (SSSR count). The van der Waals surface area contributed by atoms with Gasteiger partial charge in [-0.25, -0.2) is 9.36 Å². The summed E-state index contributed by atoms with van der Waals surface area (Å²) in [6.07, 6.45) is -1.79. The molecule has 0 bridgehead atoms. The molecule has 0 aliphatic heterocycles. The SMILES string of the molecule is CC(NC(=O)OCc1ccccc1)OP(=O)(O)OCC[N+](C)(C)C. The van der Waals surface area contributed by atoms with Gasteiger partial charge in [-0.2, -0.15) is 0 Å². The standard InChI is InChI=1S/C15H25N2O6P/c1-13(23-24(19,20)22-11-10-17(2,3)4)16-15(18)21-12-14-8-6-5-7-9-14/h5-9,13H,10-12H2,1-4H3,(H-,16,18,19,20)/p+1. The minimum atomic E-state index is -4.25. The van der Waals surface area contributed by atoms with Crippen LogP contribution in [0.5, 0.6) is 0 Å². The van der Waals surface area contributed by atoms with Crippen LogP contribution in [0.2, 0.25) is 0 Å². The van der Waals surface area contributed by atoms with E-state index in [1.54, 1.807) is 0 Å². The van der Waals surface area contributed by atoms with E-state index in [2.05, 4.69) is 5.32 Å². The minimum absolute atomic E-state index is 0.0580. The van der Waals surface area contributed by atoms with Gasteiger partial charge in [0.05, 0.1) is 21.1 Å². The van der Waals surface area contributed by atoms with Crippen molar-refractivity contribution in [3.05, 3.63) is 35.9 Å². The van der Waals surface area contributed by atoms with E-state index in [9.17, 15) is 14.3 Å². The van der Waals surface area contributed by atoms with E-state index < -0.39 is 20.1 Å². The Morgan fingerprint density at radius 2 is 1.92 bits per heavy atom. The number of hydrogen-bond donors (Lipinski definition) is 2. The molecule has 2 N–H and O–H groups in total. The largest absolute Gasteiger partial charge is 0.474 e. The summed E-state index contributed by atoms with van der Waals surface area (Å²) < 4.78 is 27.1. The molecular weight excluding hydrogens is 335 g/mol. The van der Waals surface area contributed by atoms with Gasteiger partial charge in [0.15, 0.2) is 0 Å². The molecule has 0 saturated heterocycles. The number of phosphoric acid groups is 1. The van der Waals surface area contributed by atoms with Crippen LogP contribution in [0.3, 0.4) is 0 Å². The zero-order chi connectivity index (χ0) is 18.2. The number of carbonyl (C=O) groups excluding carboxylic acids is 1. The Bertz CT molecular complexity index is 561. The number of alkyl carbamates (subject to hydrolysis) is 1. The third-order valence-electron chi connectivity index (χ3n) is 2.84. The predicted octanol–water partition coefficient (Wildman–Crippen LogP) is 2.10. The van der Waals surface area contributed by atoms with E-state index in [1.165, 1.54) is 6.92 Å². The summed E-state index contributed by atoms with van der Waals surface area (Å²) in [5.74, 6) is 0. The van der Waals surface area contributed by atoms with Gasteiger partial charge in [-0.3, -0.25) is 14.4 Å². The van der Waals surface area contributed by atoms with Gasteiger partial charge in [0.25, 0.3) is 0 Å². The Balaban J connectivity index is 2.31. The molecule has 0 saturated carbocycles. The summed E-state index contributed by atoms with van der Waals surface area (Å²) in [5.41, 5.74) is 0.831.